The van der Waals surface area contributed by atoms with E-state index < -0.39 is 0 Å². The number of nitrogens with zero attached hydrogens (tertiary/aromatic N) is 1. The number of fused-ring (bicyclic) bond motifs is 2. The predicted molar refractivity (Wildman–Crippen MR) is 144 cm³/mol. The molecule has 0 saturated carbocycles. The molecule has 3 nitrogen and oxygen atoms in total. The van der Waals surface area contributed by atoms with Crippen molar-refractivity contribution in [2.75, 3.05) is 26.2 Å². The Balaban J connectivity index is 1.14. The van der Waals surface area contributed by atoms with E-state index in [4.69, 9.17) is 0 Å². The Labute approximate surface area is 210 Å². The van der Waals surface area contributed by atoms with Gasteiger partial charge in [0.2, 0.25) is 5.91 Å². The summed E-state index contributed by atoms with van der Waals surface area (Å²) in [6, 6.07) is 25.8. The van der Waals surface area contributed by atoms with Gasteiger partial charge in [-0.25, -0.2) is 0 Å². The van der Waals surface area contributed by atoms with E-state index in [1.165, 1.54) is 36.8 Å². The lowest BCUT2D eigenvalue weighted by Gasteiger charge is -2.40. The van der Waals surface area contributed by atoms with Crippen LogP contribution in [0.25, 0.3) is 0 Å². The van der Waals surface area contributed by atoms with Crippen LogP contribution in [0.2, 0.25) is 0 Å². The minimum absolute atomic E-state index is 0.0952. The Morgan fingerprint density at radius 3 is 2.09 bits per heavy atom. The van der Waals surface area contributed by atoms with Gasteiger partial charge in [-0.2, -0.15) is 0 Å². The number of likely N-dealkylation sites (tertiary alicyclic amines) is 1. The molecule has 182 valence electrons. The van der Waals surface area contributed by atoms with Crippen molar-refractivity contribution in [2.24, 2.45) is 0 Å². The van der Waals surface area contributed by atoms with E-state index in [1.54, 1.807) is 11.1 Å². The number of hydrogen-bond donors (Lipinski definition) is 1. The Morgan fingerprint density at radius 1 is 0.857 bits per heavy atom. The number of amides is 1. The van der Waals surface area contributed by atoms with Crippen LogP contribution in [0, 0.1) is 13.8 Å². The normalized spacial score (nSPS) is 17.0. The lowest BCUT2D eigenvalue weighted by atomic mass is 9.74. The van der Waals surface area contributed by atoms with Gasteiger partial charge >= 0.3 is 0 Å². The van der Waals surface area contributed by atoms with Crippen molar-refractivity contribution < 1.29 is 4.79 Å². The second-order valence-electron chi connectivity index (χ2n) is 10.7. The van der Waals surface area contributed by atoms with Gasteiger partial charge in [-0.3, -0.25) is 4.79 Å². The highest BCUT2D eigenvalue weighted by Crippen LogP contribution is 2.46. The summed E-state index contributed by atoms with van der Waals surface area (Å²) < 4.78 is 0. The van der Waals surface area contributed by atoms with Crippen LogP contribution in [-0.2, 0) is 16.6 Å². The maximum absolute atomic E-state index is 13.3. The number of nitrogens with one attached hydrogen (secondary N) is 1. The Bertz CT molecular complexity index is 1100. The number of carbonyl (C=O) groups is 1. The molecule has 0 aromatic heterocycles. The van der Waals surface area contributed by atoms with Crippen molar-refractivity contribution in [3.05, 3.63) is 106 Å². The third-order valence-electron chi connectivity index (χ3n) is 8.31. The van der Waals surface area contributed by atoms with Crippen molar-refractivity contribution in [2.45, 2.75) is 57.3 Å². The monoisotopic (exact) mass is 466 g/mol. The lowest BCUT2D eigenvalue weighted by Crippen LogP contribution is -2.42. The largest absolute Gasteiger partial charge is 0.355 e. The molecule has 3 heteroatoms. The van der Waals surface area contributed by atoms with Gasteiger partial charge in [0.15, 0.2) is 0 Å². The zero-order valence-electron chi connectivity index (χ0n) is 21.2. The molecule has 1 saturated heterocycles. The molecule has 5 rings (SSSR count). The summed E-state index contributed by atoms with van der Waals surface area (Å²) in [5.41, 5.74) is 8.12. The summed E-state index contributed by atoms with van der Waals surface area (Å²) in [5.74, 6) is -0.175. The molecule has 0 atom stereocenters. The van der Waals surface area contributed by atoms with E-state index in [2.05, 4.69) is 96.9 Å². The fraction of sp³-hybridized carbons (Fsp3) is 0.406. The van der Waals surface area contributed by atoms with Gasteiger partial charge in [0.25, 0.3) is 0 Å². The summed E-state index contributed by atoms with van der Waals surface area (Å²) in [6.45, 7) is 8.27. The first-order valence-corrected chi connectivity index (χ1v) is 13.3. The average molecular weight is 467 g/mol. The van der Waals surface area contributed by atoms with Crippen LogP contribution in [0.4, 0.5) is 0 Å². The molecular formula is C32H38N2O. The van der Waals surface area contributed by atoms with Crippen molar-refractivity contribution >= 4 is 5.91 Å². The minimum atomic E-state index is -0.270. The van der Waals surface area contributed by atoms with Crippen LogP contribution >= 0.6 is 0 Å². The highest BCUT2D eigenvalue weighted by molar-refractivity contribution is 5.87. The maximum Gasteiger partial charge on any atom is 0.232 e. The first-order chi connectivity index (χ1) is 17.0. The number of aryl methyl sites for hydroxylation is 3. The summed E-state index contributed by atoms with van der Waals surface area (Å²) in [7, 11) is 0. The molecule has 1 amide bonds. The van der Waals surface area contributed by atoms with Gasteiger partial charge in [0.05, 0.1) is 5.92 Å². The topological polar surface area (TPSA) is 32.3 Å². The first kappa shape index (κ1) is 23.8. The van der Waals surface area contributed by atoms with Gasteiger partial charge in [-0.05, 0) is 93.3 Å². The maximum atomic E-state index is 13.3. The summed E-state index contributed by atoms with van der Waals surface area (Å²) in [4.78, 5) is 15.9. The van der Waals surface area contributed by atoms with Crippen LogP contribution in [-0.4, -0.2) is 37.0 Å². The number of carbonyl (C=O) groups excluding carboxylic acids is 1. The molecule has 1 heterocycles. The van der Waals surface area contributed by atoms with Gasteiger partial charge in [0, 0.05) is 6.54 Å². The van der Waals surface area contributed by atoms with Crippen molar-refractivity contribution in [3.8, 4) is 0 Å². The molecule has 1 spiro atoms. The third kappa shape index (κ3) is 5.21. The van der Waals surface area contributed by atoms with Crippen LogP contribution in [0.15, 0.2) is 72.8 Å². The predicted octanol–water partition coefficient (Wildman–Crippen LogP) is 5.92. The van der Waals surface area contributed by atoms with Crippen molar-refractivity contribution in [1.29, 1.82) is 0 Å². The summed E-state index contributed by atoms with van der Waals surface area (Å²) >= 11 is 0. The van der Waals surface area contributed by atoms with Crippen LogP contribution in [0.5, 0.6) is 0 Å². The zero-order chi connectivity index (χ0) is 24.3. The van der Waals surface area contributed by atoms with Crippen LogP contribution in [0.3, 0.4) is 0 Å². The average Bonchev–Trinajstić information content (AvgIpc) is 3.24. The van der Waals surface area contributed by atoms with Gasteiger partial charge in [-0.1, -0.05) is 83.9 Å². The molecule has 3 aromatic rings. The molecule has 35 heavy (non-hydrogen) atoms. The number of rotatable bonds is 7. The SMILES string of the molecule is Cc1ccc(C(C(=O)NCCCN2CCC3(CCc4ccccc43)CC2)c2ccc(C)cc2)cc1. The number of piperidine rings is 1. The molecule has 2 aliphatic rings. The standard InChI is InChI=1S/C32H38N2O/c1-24-8-12-27(13-9-24)30(28-14-10-25(2)11-15-28)31(35)33-20-5-21-34-22-18-32(19-23-34)17-16-26-6-3-4-7-29(26)32/h3-4,6-15,30H,5,16-23H2,1-2H3,(H,33,35). The Hall–Kier alpha value is -2.91. The van der Waals surface area contributed by atoms with Gasteiger partial charge in [-0.15, -0.1) is 0 Å². The summed E-state index contributed by atoms with van der Waals surface area (Å²) in [5, 5.41) is 3.24. The van der Waals surface area contributed by atoms with E-state index >= 15 is 0 Å². The van der Waals surface area contributed by atoms with E-state index in [1.807, 2.05) is 0 Å². The fourth-order valence-corrected chi connectivity index (χ4v) is 6.12. The molecular weight excluding hydrogens is 428 g/mol. The molecule has 3 aromatic carbocycles. The van der Waals surface area contributed by atoms with Gasteiger partial charge < -0.3 is 10.2 Å². The highest BCUT2D eigenvalue weighted by Gasteiger charge is 2.40. The third-order valence-corrected chi connectivity index (χ3v) is 8.31. The second-order valence-corrected chi connectivity index (χ2v) is 10.7. The molecule has 0 bridgehead atoms. The van der Waals surface area contributed by atoms with Gasteiger partial charge in [0.1, 0.15) is 0 Å². The molecule has 0 radical (unpaired) electrons. The zero-order valence-corrected chi connectivity index (χ0v) is 21.2. The van der Waals surface area contributed by atoms with E-state index in [9.17, 15) is 4.79 Å². The molecule has 1 aliphatic heterocycles. The molecule has 0 unspecified atom stereocenters. The fourth-order valence-electron chi connectivity index (χ4n) is 6.12. The summed E-state index contributed by atoms with van der Waals surface area (Å²) in [6.07, 6.45) is 6.07. The quantitative estimate of drug-likeness (QED) is 0.438. The van der Waals surface area contributed by atoms with E-state index in [-0.39, 0.29) is 11.8 Å². The number of benzene rings is 3. The Kier molecular flexibility index (Phi) is 7.06. The van der Waals surface area contributed by atoms with Crippen LogP contribution < -0.4 is 5.32 Å². The first-order valence-electron chi connectivity index (χ1n) is 13.3. The minimum Gasteiger partial charge on any atom is -0.355 e. The van der Waals surface area contributed by atoms with E-state index in [0.29, 0.717) is 5.41 Å². The van der Waals surface area contributed by atoms with Crippen LogP contribution in [0.1, 0.15) is 65.0 Å². The highest BCUT2D eigenvalue weighted by atomic mass is 16.1. The molecule has 1 aliphatic carbocycles. The Morgan fingerprint density at radius 2 is 1.46 bits per heavy atom. The van der Waals surface area contributed by atoms with E-state index in [0.717, 1.165) is 43.7 Å². The lowest BCUT2D eigenvalue weighted by molar-refractivity contribution is -0.121. The second kappa shape index (κ2) is 10.4. The molecule has 1 fully saturated rings. The number of hydrogen-bond acceptors (Lipinski definition) is 2. The molecule has 1 N–H and O–H groups in total. The van der Waals surface area contributed by atoms with Crippen molar-refractivity contribution in [3.63, 3.8) is 0 Å². The smallest absolute Gasteiger partial charge is 0.232 e. The van der Waals surface area contributed by atoms with Crippen molar-refractivity contribution in [1.82, 2.24) is 10.2 Å².